The molecule has 0 amide bonds. The summed E-state index contributed by atoms with van der Waals surface area (Å²) in [5.74, 6) is -4.09. The van der Waals surface area contributed by atoms with Gasteiger partial charge in [0.2, 0.25) is 0 Å². The third-order valence-corrected chi connectivity index (χ3v) is 1.43. The van der Waals surface area contributed by atoms with Crippen molar-refractivity contribution < 1.29 is 23.5 Å². The number of carboxylic acid groups (broad SMARTS) is 1. The van der Waals surface area contributed by atoms with E-state index < -0.39 is 28.7 Å². The normalized spacial score (nSPS) is 9.69. The molecule has 1 aromatic rings. The van der Waals surface area contributed by atoms with Crippen molar-refractivity contribution in [3.8, 4) is 0 Å². The molecule has 68 valence electrons. The summed E-state index contributed by atoms with van der Waals surface area (Å²) in [5.41, 5.74) is -1.06. The summed E-state index contributed by atoms with van der Waals surface area (Å²) in [4.78, 5) is 20.5. The second-order valence-corrected chi connectivity index (χ2v) is 2.28. The van der Waals surface area contributed by atoms with Crippen molar-refractivity contribution in [2.24, 2.45) is 0 Å². The highest BCUT2D eigenvalue weighted by Gasteiger charge is 2.13. The lowest BCUT2D eigenvalue weighted by Crippen LogP contribution is -2.02. The van der Waals surface area contributed by atoms with Crippen molar-refractivity contribution in [1.82, 2.24) is 0 Å². The monoisotopic (exact) mass is 186 g/mol. The number of hydrogen-bond donors (Lipinski definition) is 1. The zero-order chi connectivity index (χ0) is 10.0. The molecule has 0 bridgehead atoms. The second kappa shape index (κ2) is 3.30. The van der Waals surface area contributed by atoms with E-state index in [1.165, 1.54) is 0 Å². The van der Waals surface area contributed by atoms with E-state index in [4.69, 9.17) is 5.11 Å². The van der Waals surface area contributed by atoms with Crippen LogP contribution in [0.15, 0.2) is 12.1 Å². The van der Waals surface area contributed by atoms with Crippen LogP contribution in [0, 0.1) is 11.6 Å². The standard InChI is InChI=1S/C8H4F2O3/c9-6-2-4(8(12)13)1-5(3-11)7(6)10/h1-3H,(H,12,13). The Kier molecular flexibility index (Phi) is 2.36. The predicted molar refractivity (Wildman–Crippen MR) is 38.7 cm³/mol. The van der Waals surface area contributed by atoms with Gasteiger partial charge in [0.05, 0.1) is 11.1 Å². The summed E-state index contributed by atoms with van der Waals surface area (Å²) in [6.45, 7) is 0. The van der Waals surface area contributed by atoms with Crippen molar-refractivity contribution in [2.75, 3.05) is 0 Å². The molecule has 0 atom stereocenters. The van der Waals surface area contributed by atoms with Crippen LogP contribution in [0.25, 0.3) is 0 Å². The van der Waals surface area contributed by atoms with Crippen LogP contribution in [0.2, 0.25) is 0 Å². The minimum atomic E-state index is -1.41. The molecule has 1 rings (SSSR count). The Balaban J connectivity index is 3.38. The number of rotatable bonds is 2. The Hall–Kier alpha value is -1.78. The SMILES string of the molecule is O=Cc1cc(C(=O)O)cc(F)c1F. The molecule has 1 N–H and O–H groups in total. The van der Waals surface area contributed by atoms with Crippen LogP contribution in [0.4, 0.5) is 8.78 Å². The van der Waals surface area contributed by atoms with Crippen LogP contribution in [-0.2, 0) is 0 Å². The average Bonchev–Trinajstić information content (AvgIpc) is 2.09. The Morgan fingerprint density at radius 1 is 1.38 bits per heavy atom. The van der Waals surface area contributed by atoms with Gasteiger partial charge in [-0.2, -0.15) is 0 Å². The van der Waals surface area contributed by atoms with Gasteiger partial charge in [0.25, 0.3) is 0 Å². The van der Waals surface area contributed by atoms with Crippen molar-refractivity contribution >= 4 is 12.3 Å². The van der Waals surface area contributed by atoms with Crippen molar-refractivity contribution in [2.45, 2.75) is 0 Å². The molecule has 3 nitrogen and oxygen atoms in total. The first-order valence-corrected chi connectivity index (χ1v) is 3.23. The van der Waals surface area contributed by atoms with Gasteiger partial charge in [0.15, 0.2) is 17.9 Å². The summed E-state index contributed by atoms with van der Waals surface area (Å²) in [5, 5.41) is 8.42. The van der Waals surface area contributed by atoms with Gasteiger partial charge in [0, 0.05) is 0 Å². The quantitative estimate of drug-likeness (QED) is 0.711. The largest absolute Gasteiger partial charge is 0.478 e. The number of carboxylic acids is 1. The summed E-state index contributed by atoms with van der Waals surface area (Å²) in [6, 6.07) is 1.29. The van der Waals surface area contributed by atoms with Crippen LogP contribution < -0.4 is 0 Å². The molecule has 5 heteroatoms. The molecule has 0 unspecified atom stereocenters. The van der Waals surface area contributed by atoms with Gasteiger partial charge in [-0.1, -0.05) is 0 Å². The minimum absolute atomic E-state index is 0.0604. The molecular formula is C8H4F2O3. The number of benzene rings is 1. The lowest BCUT2D eigenvalue weighted by molar-refractivity contribution is 0.0696. The molecule has 0 fully saturated rings. The Bertz CT molecular complexity index is 374. The topological polar surface area (TPSA) is 54.4 Å². The van der Waals surface area contributed by atoms with E-state index in [1.807, 2.05) is 0 Å². The molecule has 0 heterocycles. The maximum atomic E-state index is 12.6. The maximum Gasteiger partial charge on any atom is 0.335 e. The molecule has 0 aliphatic rings. The highest BCUT2D eigenvalue weighted by Crippen LogP contribution is 2.13. The molecule has 1 aromatic carbocycles. The summed E-state index contributed by atoms with van der Waals surface area (Å²) >= 11 is 0. The van der Waals surface area contributed by atoms with Crippen LogP contribution >= 0.6 is 0 Å². The van der Waals surface area contributed by atoms with Crippen LogP contribution in [-0.4, -0.2) is 17.4 Å². The molecular weight excluding hydrogens is 182 g/mol. The number of carbonyl (C=O) groups is 2. The first-order valence-electron chi connectivity index (χ1n) is 3.23. The fraction of sp³-hybridized carbons (Fsp3) is 0. The van der Waals surface area contributed by atoms with Gasteiger partial charge in [-0.25, -0.2) is 13.6 Å². The molecule has 0 saturated carbocycles. The highest BCUT2D eigenvalue weighted by molar-refractivity contribution is 5.90. The second-order valence-electron chi connectivity index (χ2n) is 2.28. The van der Waals surface area contributed by atoms with Crippen LogP contribution in [0.1, 0.15) is 20.7 Å². The molecule has 0 saturated heterocycles. The maximum absolute atomic E-state index is 12.6. The molecule has 0 aliphatic carbocycles. The third-order valence-electron chi connectivity index (χ3n) is 1.43. The average molecular weight is 186 g/mol. The molecule has 0 aliphatic heterocycles. The van der Waals surface area contributed by atoms with E-state index in [0.29, 0.717) is 6.07 Å². The molecule has 0 aromatic heterocycles. The number of carbonyl (C=O) groups excluding carboxylic acids is 1. The molecule has 0 spiro atoms. The van der Waals surface area contributed by atoms with Crippen molar-refractivity contribution in [3.05, 3.63) is 34.9 Å². The minimum Gasteiger partial charge on any atom is -0.478 e. The van der Waals surface area contributed by atoms with E-state index in [1.54, 1.807) is 0 Å². The highest BCUT2D eigenvalue weighted by atomic mass is 19.2. The molecule has 13 heavy (non-hydrogen) atoms. The lowest BCUT2D eigenvalue weighted by Gasteiger charge is -1.98. The van der Waals surface area contributed by atoms with E-state index in [-0.39, 0.29) is 6.29 Å². The fourth-order valence-corrected chi connectivity index (χ4v) is 0.820. The van der Waals surface area contributed by atoms with Gasteiger partial charge in [0.1, 0.15) is 0 Å². The number of aromatic carboxylic acids is 1. The van der Waals surface area contributed by atoms with Crippen molar-refractivity contribution in [1.29, 1.82) is 0 Å². The van der Waals surface area contributed by atoms with Gasteiger partial charge in [-0.15, -0.1) is 0 Å². The van der Waals surface area contributed by atoms with Gasteiger partial charge in [-0.05, 0) is 12.1 Å². The first kappa shape index (κ1) is 9.31. The van der Waals surface area contributed by atoms with E-state index in [9.17, 15) is 18.4 Å². The van der Waals surface area contributed by atoms with Gasteiger partial charge < -0.3 is 5.11 Å². The van der Waals surface area contributed by atoms with Crippen LogP contribution in [0.3, 0.4) is 0 Å². The number of halogens is 2. The summed E-state index contributed by atoms with van der Waals surface area (Å²) in [7, 11) is 0. The van der Waals surface area contributed by atoms with Crippen molar-refractivity contribution in [3.63, 3.8) is 0 Å². The zero-order valence-electron chi connectivity index (χ0n) is 6.25. The van der Waals surface area contributed by atoms with E-state index >= 15 is 0 Å². The lowest BCUT2D eigenvalue weighted by atomic mass is 10.1. The Labute approximate surface area is 71.6 Å². The molecule has 0 radical (unpaired) electrons. The number of hydrogen-bond acceptors (Lipinski definition) is 2. The summed E-state index contributed by atoms with van der Waals surface area (Å²) in [6.07, 6.45) is 0.0604. The van der Waals surface area contributed by atoms with E-state index in [0.717, 1.165) is 6.07 Å². The smallest absolute Gasteiger partial charge is 0.335 e. The van der Waals surface area contributed by atoms with Gasteiger partial charge in [-0.3, -0.25) is 4.79 Å². The Morgan fingerprint density at radius 3 is 2.46 bits per heavy atom. The third kappa shape index (κ3) is 1.69. The zero-order valence-corrected chi connectivity index (χ0v) is 6.25. The Morgan fingerprint density at radius 2 is 2.00 bits per heavy atom. The van der Waals surface area contributed by atoms with E-state index in [2.05, 4.69) is 0 Å². The van der Waals surface area contributed by atoms with Gasteiger partial charge >= 0.3 is 5.97 Å². The first-order chi connectivity index (χ1) is 6.06. The predicted octanol–water partition coefficient (Wildman–Crippen LogP) is 1.48. The summed E-state index contributed by atoms with van der Waals surface area (Å²) < 4.78 is 25.2. The number of aldehydes is 1. The fourth-order valence-electron chi connectivity index (χ4n) is 0.820. The van der Waals surface area contributed by atoms with Crippen LogP contribution in [0.5, 0.6) is 0 Å².